The number of carbonyl (C=O) groups excluding carboxylic acids is 1. The van der Waals surface area contributed by atoms with Gasteiger partial charge in [0.25, 0.3) is 0 Å². The van der Waals surface area contributed by atoms with E-state index in [2.05, 4.69) is 22.5 Å². The number of benzene rings is 3. The van der Waals surface area contributed by atoms with Crippen LogP contribution in [0.4, 0.5) is 0 Å². The Balaban J connectivity index is 1.40. The van der Waals surface area contributed by atoms with Crippen molar-refractivity contribution in [2.75, 3.05) is 6.79 Å². The molecule has 2 aliphatic rings. The van der Waals surface area contributed by atoms with Crippen molar-refractivity contribution in [1.29, 1.82) is 0 Å². The zero-order valence-electron chi connectivity index (χ0n) is 18.0. The van der Waals surface area contributed by atoms with Gasteiger partial charge in [0, 0.05) is 21.2 Å². The molecule has 0 bridgehead atoms. The fourth-order valence-corrected chi connectivity index (χ4v) is 4.42. The van der Waals surface area contributed by atoms with E-state index in [0.717, 1.165) is 32.3 Å². The van der Waals surface area contributed by atoms with E-state index in [0.29, 0.717) is 36.0 Å². The van der Waals surface area contributed by atoms with Crippen LogP contribution in [0.2, 0.25) is 0 Å². The van der Waals surface area contributed by atoms with Crippen LogP contribution in [0.15, 0.2) is 65.3 Å². The predicted octanol–water partition coefficient (Wildman–Crippen LogP) is 6.46. The zero-order chi connectivity index (χ0) is 22.9. The van der Waals surface area contributed by atoms with Gasteiger partial charge in [-0.1, -0.05) is 52.9 Å². The lowest BCUT2D eigenvalue weighted by Gasteiger charge is -2.20. The van der Waals surface area contributed by atoms with E-state index in [9.17, 15) is 4.79 Å². The topological polar surface area (TPSA) is 54.0 Å². The smallest absolute Gasteiger partial charge is 0.231 e. The number of carbonyl (C=O) groups is 1. The second kappa shape index (κ2) is 8.89. The van der Waals surface area contributed by atoms with Crippen LogP contribution < -0.4 is 14.2 Å². The third-order valence-electron chi connectivity index (χ3n) is 5.64. The highest BCUT2D eigenvalue weighted by Crippen LogP contribution is 2.41. The maximum atomic E-state index is 13.0. The molecule has 0 saturated carbocycles. The molecule has 0 saturated heterocycles. The van der Waals surface area contributed by atoms with E-state index in [1.54, 1.807) is 18.2 Å². The first-order valence-corrected chi connectivity index (χ1v) is 11.3. The van der Waals surface area contributed by atoms with Crippen molar-refractivity contribution in [1.82, 2.24) is 0 Å². The SMILES string of the molecule is C=Cc1ccc(COc2ccc3c(c2C)O/C(=C\c2cc(Br)cc4c2OCOC4)C3=O)cc1. The van der Waals surface area contributed by atoms with Crippen LogP contribution in [0.5, 0.6) is 17.2 Å². The minimum absolute atomic E-state index is 0.166. The van der Waals surface area contributed by atoms with Crippen molar-refractivity contribution < 1.29 is 23.7 Å². The van der Waals surface area contributed by atoms with Gasteiger partial charge in [-0.2, -0.15) is 0 Å². The Morgan fingerprint density at radius 3 is 2.73 bits per heavy atom. The first-order chi connectivity index (χ1) is 16.0. The van der Waals surface area contributed by atoms with E-state index in [1.807, 2.05) is 49.4 Å². The van der Waals surface area contributed by atoms with Crippen molar-refractivity contribution >= 4 is 33.9 Å². The van der Waals surface area contributed by atoms with Gasteiger partial charge in [-0.3, -0.25) is 4.79 Å². The van der Waals surface area contributed by atoms with Crippen molar-refractivity contribution in [3.63, 3.8) is 0 Å². The molecular formula is C27H21BrO5. The molecule has 0 amide bonds. The Bertz CT molecular complexity index is 1290. The fraction of sp³-hybridized carbons (Fsp3) is 0.148. The summed E-state index contributed by atoms with van der Waals surface area (Å²) in [5, 5.41) is 0. The number of hydrogen-bond acceptors (Lipinski definition) is 5. The average molecular weight is 505 g/mol. The number of ether oxygens (including phenoxy) is 4. The summed E-state index contributed by atoms with van der Waals surface area (Å²) in [5.74, 6) is 1.99. The number of ketones is 1. The molecular weight excluding hydrogens is 484 g/mol. The summed E-state index contributed by atoms with van der Waals surface area (Å²) < 4.78 is 24.0. The zero-order valence-corrected chi connectivity index (χ0v) is 19.6. The normalized spacial score (nSPS) is 15.5. The Morgan fingerprint density at radius 2 is 1.94 bits per heavy atom. The second-order valence-electron chi connectivity index (χ2n) is 7.83. The molecule has 0 unspecified atom stereocenters. The van der Waals surface area contributed by atoms with E-state index in [1.165, 1.54) is 0 Å². The molecule has 2 heterocycles. The van der Waals surface area contributed by atoms with Gasteiger partial charge < -0.3 is 18.9 Å². The summed E-state index contributed by atoms with van der Waals surface area (Å²) in [6.07, 6.45) is 3.52. The Hall–Kier alpha value is -3.35. The summed E-state index contributed by atoms with van der Waals surface area (Å²) in [6, 6.07) is 15.4. The highest BCUT2D eigenvalue weighted by Gasteiger charge is 2.31. The van der Waals surface area contributed by atoms with Crippen molar-refractivity contribution in [3.8, 4) is 17.2 Å². The Labute approximate surface area is 200 Å². The first kappa shape index (κ1) is 21.5. The average Bonchev–Trinajstić information content (AvgIpc) is 3.15. The summed E-state index contributed by atoms with van der Waals surface area (Å²) in [5.41, 5.74) is 5.08. The van der Waals surface area contributed by atoms with Crippen molar-refractivity contribution in [2.24, 2.45) is 0 Å². The monoisotopic (exact) mass is 504 g/mol. The quantitative estimate of drug-likeness (QED) is 0.373. The number of rotatable bonds is 5. The molecule has 2 aliphatic heterocycles. The summed E-state index contributed by atoms with van der Waals surface area (Å²) in [6.45, 7) is 6.71. The van der Waals surface area contributed by atoms with Crippen LogP contribution in [0, 0.1) is 6.92 Å². The molecule has 3 aromatic rings. The molecule has 5 nitrogen and oxygen atoms in total. The minimum Gasteiger partial charge on any atom is -0.488 e. The highest BCUT2D eigenvalue weighted by molar-refractivity contribution is 9.10. The number of Topliss-reactive ketones (excluding diaryl/α,β-unsaturated/α-hetero) is 1. The van der Waals surface area contributed by atoms with E-state index < -0.39 is 0 Å². The molecule has 0 radical (unpaired) electrons. The van der Waals surface area contributed by atoms with Crippen LogP contribution in [-0.2, 0) is 18.0 Å². The van der Waals surface area contributed by atoms with Crippen LogP contribution in [-0.4, -0.2) is 12.6 Å². The van der Waals surface area contributed by atoms with Gasteiger partial charge in [-0.25, -0.2) is 0 Å². The van der Waals surface area contributed by atoms with Gasteiger partial charge in [0.05, 0.1) is 12.2 Å². The van der Waals surface area contributed by atoms with E-state index in [4.69, 9.17) is 18.9 Å². The van der Waals surface area contributed by atoms with Gasteiger partial charge in [0.1, 0.15) is 23.9 Å². The number of halogens is 1. The molecule has 5 rings (SSSR count). The summed E-state index contributed by atoms with van der Waals surface area (Å²) in [4.78, 5) is 13.0. The summed E-state index contributed by atoms with van der Waals surface area (Å²) >= 11 is 3.51. The van der Waals surface area contributed by atoms with E-state index >= 15 is 0 Å². The second-order valence-corrected chi connectivity index (χ2v) is 8.75. The van der Waals surface area contributed by atoms with Gasteiger partial charge in [-0.15, -0.1) is 0 Å². The van der Waals surface area contributed by atoms with Crippen LogP contribution in [0.25, 0.3) is 12.2 Å². The summed E-state index contributed by atoms with van der Waals surface area (Å²) in [7, 11) is 0. The molecule has 0 fully saturated rings. The van der Waals surface area contributed by atoms with Crippen molar-refractivity contribution in [3.05, 3.63) is 98.7 Å². The largest absolute Gasteiger partial charge is 0.488 e. The third-order valence-corrected chi connectivity index (χ3v) is 6.09. The number of hydrogen-bond donors (Lipinski definition) is 0. The molecule has 0 atom stereocenters. The lowest BCUT2D eigenvalue weighted by Crippen LogP contribution is -2.12. The maximum Gasteiger partial charge on any atom is 0.231 e. The minimum atomic E-state index is -0.166. The maximum absolute atomic E-state index is 13.0. The van der Waals surface area contributed by atoms with Gasteiger partial charge in [0.2, 0.25) is 5.78 Å². The first-order valence-electron chi connectivity index (χ1n) is 10.5. The van der Waals surface area contributed by atoms with Crippen LogP contribution >= 0.6 is 15.9 Å². The molecule has 0 aromatic heterocycles. The lowest BCUT2D eigenvalue weighted by atomic mass is 10.0. The molecule has 3 aromatic carbocycles. The van der Waals surface area contributed by atoms with Crippen LogP contribution in [0.3, 0.4) is 0 Å². The molecule has 6 heteroatoms. The molecule has 33 heavy (non-hydrogen) atoms. The van der Waals surface area contributed by atoms with Gasteiger partial charge in [-0.05, 0) is 48.4 Å². The standard InChI is InChI=1S/C27H21BrO5/c1-3-17-4-6-18(7-5-17)13-31-23-9-8-22-25(29)24(33-26(22)16(23)2)12-19-10-21(28)11-20-14-30-15-32-27(19)20/h3-12H,1,13-15H2,2H3/b24-12-. The molecule has 166 valence electrons. The van der Waals surface area contributed by atoms with E-state index in [-0.39, 0.29) is 18.3 Å². The molecule has 0 spiro atoms. The molecule has 0 aliphatic carbocycles. The third kappa shape index (κ3) is 4.19. The predicted molar refractivity (Wildman–Crippen MR) is 129 cm³/mol. The number of fused-ring (bicyclic) bond motifs is 2. The fourth-order valence-electron chi connectivity index (χ4n) is 3.89. The highest BCUT2D eigenvalue weighted by atomic mass is 79.9. The van der Waals surface area contributed by atoms with Gasteiger partial charge in [0.15, 0.2) is 12.6 Å². The van der Waals surface area contributed by atoms with Gasteiger partial charge >= 0.3 is 0 Å². The molecule has 0 N–H and O–H groups in total. The Kier molecular flexibility index (Phi) is 5.79. The van der Waals surface area contributed by atoms with Crippen molar-refractivity contribution in [2.45, 2.75) is 20.1 Å². The Morgan fingerprint density at radius 1 is 1.12 bits per heavy atom. The van der Waals surface area contributed by atoms with Crippen LogP contribution in [0.1, 0.15) is 38.2 Å². The lowest BCUT2D eigenvalue weighted by molar-refractivity contribution is -0.0165. The number of allylic oxidation sites excluding steroid dienone is 1.